The van der Waals surface area contributed by atoms with Gasteiger partial charge in [-0.05, 0) is 53.5 Å². The second-order valence-electron chi connectivity index (χ2n) is 10.6. The molecule has 0 radical (unpaired) electrons. The molecule has 11 heteroatoms. The second-order valence-corrected chi connectivity index (χ2v) is 11.0. The van der Waals surface area contributed by atoms with Gasteiger partial charge in [-0.3, -0.25) is 24.2 Å². The van der Waals surface area contributed by atoms with Crippen molar-refractivity contribution in [1.82, 2.24) is 9.88 Å². The summed E-state index contributed by atoms with van der Waals surface area (Å²) in [5.74, 6) is -4.05. The lowest BCUT2D eigenvalue weighted by molar-refractivity contribution is -0.139. The number of Topliss-reactive ketones (excluding diaryl/α,β-unsaturated/α-hetero) is 1. The lowest BCUT2D eigenvalue weighted by atomic mass is 9.91. The van der Waals surface area contributed by atoms with Gasteiger partial charge in [0.1, 0.15) is 11.6 Å². The Morgan fingerprint density at radius 1 is 1.12 bits per heavy atom. The number of anilines is 1. The van der Waals surface area contributed by atoms with Crippen LogP contribution >= 0.6 is 11.6 Å². The Morgan fingerprint density at radius 2 is 1.91 bits per heavy atom. The molecular formula is C32H28ClF2N3O5. The number of rotatable bonds is 4. The molecule has 0 saturated heterocycles. The van der Waals surface area contributed by atoms with Gasteiger partial charge < -0.3 is 15.0 Å². The van der Waals surface area contributed by atoms with E-state index in [1.54, 1.807) is 43.5 Å². The molecule has 0 fully saturated rings. The first-order valence-electron chi connectivity index (χ1n) is 13.7. The fraction of sp³-hybridized carbons (Fsp3) is 0.281. The monoisotopic (exact) mass is 607 g/mol. The Kier molecular flexibility index (Phi) is 8.68. The normalized spacial score (nSPS) is 19.0. The fourth-order valence-electron chi connectivity index (χ4n) is 5.44. The maximum atomic E-state index is 14.7. The van der Waals surface area contributed by atoms with E-state index in [0.29, 0.717) is 28.1 Å². The molecule has 8 nitrogen and oxygen atoms in total. The third-order valence-corrected chi connectivity index (χ3v) is 7.99. The number of methoxy groups -OCH3 is 1. The number of pyridine rings is 1. The Hall–Kier alpha value is -4.44. The smallest absolute Gasteiger partial charge is 0.309 e. The van der Waals surface area contributed by atoms with Crippen LogP contribution in [0.15, 0.2) is 54.7 Å². The number of esters is 1. The molecule has 2 amide bonds. The zero-order chi connectivity index (χ0) is 30.8. The molecule has 3 heterocycles. The number of hydrogen-bond acceptors (Lipinski definition) is 6. The number of nitrogens with one attached hydrogen (secondary N) is 1. The third kappa shape index (κ3) is 6.34. The number of hydrogen-bond donors (Lipinski definition) is 1. The molecule has 2 aromatic carbocycles. The summed E-state index contributed by atoms with van der Waals surface area (Å²) in [6.45, 7) is 1.71. The number of benzene rings is 2. The summed E-state index contributed by atoms with van der Waals surface area (Å²) in [6, 6.07) is 10.1. The molecule has 5 rings (SSSR count). The Labute approximate surface area is 251 Å². The van der Waals surface area contributed by atoms with Gasteiger partial charge >= 0.3 is 5.97 Å². The van der Waals surface area contributed by atoms with E-state index < -0.39 is 35.5 Å². The molecule has 0 spiro atoms. The van der Waals surface area contributed by atoms with Gasteiger partial charge in [-0.25, -0.2) is 8.78 Å². The quantitative estimate of drug-likeness (QED) is 0.302. The van der Waals surface area contributed by atoms with Gasteiger partial charge in [0.05, 0.1) is 35.9 Å². The minimum atomic E-state index is -0.939. The van der Waals surface area contributed by atoms with Crippen molar-refractivity contribution in [2.75, 3.05) is 19.0 Å². The largest absolute Gasteiger partial charge is 0.469 e. The van der Waals surface area contributed by atoms with E-state index in [9.17, 15) is 28.0 Å². The van der Waals surface area contributed by atoms with Gasteiger partial charge in [-0.1, -0.05) is 30.7 Å². The van der Waals surface area contributed by atoms with Crippen LogP contribution in [0.4, 0.5) is 14.5 Å². The number of nitrogens with zero attached hydrogens (tertiary/aromatic N) is 2. The fourth-order valence-corrected chi connectivity index (χ4v) is 5.60. The number of carbonyl (C=O) groups is 4. The maximum Gasteiger partial charge on any atom is 0.309 e. The number of aromatic nitrogens is 1. The first kappa shape index (κ1) is 30.0. The highest BCUT2D eigenvalue weighted by Crippen LogP contribution is 2.37. The van der Waals surface area contributed by atoms with Crippen LogP contribution in [0.3, 0.4) is 0 Å². The van der Waals surface area contributed by atoms with Gasteiger partial charge in [0.15, 0.2) is 5.82 Å². The van der Waals surface area contributed by atoms with Crippen molar-refractivity contribution in [1.29, 1.82) is 0 Å². The van der Waals surface area contributed by atoms with Gasteiger partial charge in [0.2, 0.25) is 11.8 Å². The van der Waals surface area contributed by atoms with Crippen LogP contribution in [0.5, 0.6) is 0 Å². The van der Waals surface area contributed by atoms with Crippen molar-refractivity contribution < 1.29 is 32.7 Å². The number of carbonyl (C=O) groups excluding carboxylic acids is 4. The van der Waals surface area contributed by atoms with Crippen LogP contribution in [-0.2, 0) is 30.3 Å². The van der Waals surface area contributed by atoms with E-state index >= 15 is 0 Å². The van der Waals surface area contributed by atoms with Crippen molar-refractivity contribution in [2.45, 2.75) is 38.6 Å². The minimum Gasteiger partial charge on any atom is -0.469 e. The molecule has 222 valence electrons. The number of fused-ring (bicyclic) bond motifs is 4. The third-order valence-electron chi connectivity index (χ3n) is 7.70. The molecule has 43 heavy (non-hydrogen) atoms. The second kappa shape index (κ2) is 12.4. The Balaban J connectivity index is 1.55. The van der Waals surface area contributed by atoms with E-state index in [-0.39, 0.29) is 60.1 Å². The average Bonchev–Trinajstić information content (AvgIpc) is 2.98. The summed E-state index contributed by atoms with van der Waals surface area (Å²) < 4.78 is 34.1. The molecule has 1 aromatic heterocycles. The van der Waals surface area contributed by atoms with Crippen molar-refractivity contribution >= 4 is 46.4 Å². The summed E-state index contributed by atoms with van der Waals surface area (Å²) in [6.07, 6.45) is 2.66. The maximum absolute atomic E-state index is 14.7. The number of amides is 2. The highest BCUT2D eigenvalue weighted by Gasteiger charge is 2.33. The first-order valence-corrected chi connectivity index (χ1v) is 14.1. The van der Waals surface area contributed by atoms with Crippen LogP contribution in [-0.4, -0.2) is 47.1 Å². The zero-order valence-corrected chi connectivity index (χ0v) is 24.2. The molecule has 0 unspecified atom stereocenters. The van der Waals surface area contributed by atoms with Crippen LogP contribution in [0.25, 0.3) is 16.7 Å². The number of halogens is 3. The van der Waals surface area contributed by atoms with Gasteiger partial charge in [-0.15, -0.1) is 0 Å². The van der Waals surface area contributed by atoms with E-state index in [4.69, 9.17) is 16.3 Å². The van der Waals surface area contributed by atoms with Gasteiger partial charge in [-0.2, -0.15) is 0 Å². The standard InChI is InChI=1S/C32H28ClF2N3O5/c1-17-11-21(39)16-27(38-10-8-20(15-28(38)40)30-24(34)6-5-23(33)31(30)35)26-14-19(7-9-36-26)22-4-3-18(13-29(41)43-2)12-25(22)37-32(17)42/h3-7,9,12,14-15,17,27H,8,10-11,13,16H2,1-2H3,(H,37,42)/t17-,27+/m1/s1. The van der Waals surface area contributed by atoms with E-state index in [2.05, 4.69) is 10.3 Å². The van der Waals surface area contributed by atoms with Crippen LogP contribution < -0.4 is 5.32 Å². The van der Waals surface area contributed by atoms with Crippen molar-refractivity contribution in [3.63, 3.8) is 0 Å². The Morgan fingerprint density at radius 3 is 2.65 bits per heavy atom. The predicted molar refractivity (Wildman–Crippen MR) is 156 cm³/mol. The lowest BCUT2D eigenvalue weighted by Crippen LogP contribution is -2.39. The average molecular weight is 608 g/mol. The lowest BCUT2D eigenvalue weighted by Gasteiger charge is -2.34. The highest BCUT2D eigenvalue weighted by atomic mass is 35.5. The number of ether oxygens (including phenoxy) is 1. The van der Waals surface area contributed by atoms with E-state index in [0.717, 1.165) is 12.1 Å². The zero-order valence-electron chi connectivity index (χ0n) is 23.5. The van der Waals surface area contributed by atoms with Gasteiger partial charge in [0, 0.05) is 48.8 Å². The van der Waals surface area contributed by atoms with Crippen molar-refractivity contribution in [3.8, 4) is 11.1 Å². The predicted octanol–water partition coefficient (Wildman–Crippen LogP) is 5.69. The molecule has 1 N–H and O–H groups in total. The minimum absolute atomic E-state index is 0.00687. The van der Waals surface area contributed by atoms with Gasteiger partial charge in [0.25, 0.3) is 0 Å². The van der Waals surface area contributed by atoms with Crippen LogP contribution in [0, 0.1) is 17.6 Å². The van der Waals surface area contributed by atoms with E-state index in [1.807, 2.05) is 0 Å². The van der Waals surface area contributed by atoms with Crippen molar-refractivity contribution in [3.05, 3.63) is 88.2 Å². The molecule has 2 aliphatic rings. The van der Waals surface area contributed by atoms with Crippen LogP contribution in [0.2, 0.25) is 5.02 Å². The van der Waals surface area contributed by atoms with Crippen molar-refractivity contribution in [2.24, 2.45) is 5.92 Å². The van der Waals surface area contributed by atoms with Crippen LogP contribution in [0.1, 0.15) is 49.0 Å². The SMILES string of the molecule is COC(=O)Cc1ccc2c(c1)NC(=O)[C@H](C)CC(=O)C[C@H](N1CCC(c3c(F)ccc(Cl)c3F)=CC1=O)c1cc-2ccn1. The molecule has 3 aromatic rings. The highest BCUT2D eigenvalue weighted by molar-refractivity contribution is 6.31. The Bertz CT molecular complexity index is 1670. The first-order chi connectivity index (χ1) is 20.5. The molecule has 2 bridgehead atoms. The number of ketones is 1. The molecular weight excluding hydrogens is 580 g/mol. The molecule has 2 atom stereocenters. The molecule has 2 aliphatic heterocycles. The summed E-state index contributed by atoms with van der Waals surface area (Å²) in [5.41, 5.74) is 2.66. The molecule has 0 saturated carbocycles. The summed E-state index contributed by atoms with van der Waals surface area (Å²) in [7, 11) is 1.29. The topological polar surface area (TPSA) is 106 Å². The molecule has 0 aliphatic carbocycles. The summed E-state index contributed by atoms with van der Waals surface area (Å²) in [5, 5.41) is 2.64. The summed E-state index contributed by atoms with van der Waals surface area (Å²) in [4.78, 5) is 57.7. The van der Waals surface area contributed by atoms with E-state index in [1.165, 1.54) is 18.1 Å². The summed E-state index contributed by atoms with van der Waals surface area (Å²) >= 11 is 5.87.